The Morgan fingerprint density at radius 1 is 1.03 bits per heavy atom. The van der Waals surface area contributed by atoms with Crippen LogP contribution in [0.15, 0.2) is 48.9 Å². The molecule has 3 amide bonds. The highest BCUT2D eigenvalue weighted by Gasteiger charge is 2.12. The summed E-state index contributed by atoms with van der Waals surface area (Å²) in [6.07, 6.45) is 4.40. The lowest BCUT2D eigenvalue weighted by molar-refractivity contribution is -0.141. The molecule has 0 saturated heterocycles. The zero-order chi connectivity index (χ0) is 23.6. The number of hydrogen-bond donors (Lipinski definition) is 3. The summed E-state index contributed by atoms with van der Waals surface area (Å²) in [5, 5.41) is 9.72. The van der Waals surface area contributed by atoms with Crippen LogP contribution in [-0.2, 0) is 20.8 Å². The maximum atomic E-state index is 12.0. The third-order valence-corrected chi connectivity index (χ3v) is 4.75. The molecule has 0 aliphatic heterocycles. The number of pyridine rings is 2. The number of aromatic nitrogens is 2. The van der Waals surface area contributed by atoms with Crippen LogP contribution in [0.2, 0.25) is 0 Å². The number of fused-ring (bicyclic) bond motifs is 1. The van der Waals surface area contributed by atoms with E-state index >= 15 is 0 Å². The molecule has 0 aliphatic carbocycles. The Bertz CT molecular complexity index is 1140. The molecule has 0 aliphatic rings. The molecular weight excluding hydrogens is 426 g/mol. The largest absolute Gasteiger partial charge is 0.469 e. The van der Waals surface area contributed by atoms with Crippen LogP contribution in [0.3, 0.4) is 0 Å². The van der Waals surface area contributed by atoms with Crippen molar-refractivity contribution in [2.24, 2.45) is 0 Å². The predicted molar refractivity (Wildman–Crippen MR) is 122 cm³/mol. The number of carbonyl (C=O) groups excluding carboxylic acids is 3. The molecule has 3 N–H and O–H groups in total. The van der Waals surface area contributed by atoms with Crippen LogP contribution in [0.5, 0.6) is 0 Å². The fourth-order valence-electron chi connectivity index (χ4n) is 3.17. The Balaban J connectivity index is 1.84. The minimum absolute atomic E-state index is 0.0151. The molecule has 0 fully saturated rings. The number of urea groups is 1. The molecule has 0 bridgehead atoms. The summed E-state index contributed by atoms with van der Waals surface area (Å²) in [5.74, 6) is -0.0558. The van der Waals surface area contributed by atoms with Crippen LogP contribution in [-0.4, -0.2) is 48.3 Å². The van der Waals surface area contributed by atoms with Crippen LogP contribution < -0.4 is 16.0 Å². The molecule has 0 saturated carbocycles. The number of nitrogens with one attached hydrogen (secondary N) is 3. The lowest BCUT2D eigenvalue weighted by Crippen LogP contribution is -2.28. The molecule has 33 heavy (non-hydrogen) atoms. The van der Waals surface area contributed by atoms with Gasteiger partial charge in [0.1, 0.15) is 12.4 Å². The van der Waals surface area contributed by atoms with Gasteiger partial charge in [-0.2, -0.15) is 0 Å². The minimum Gasteiger partial charge on any atom is -0.469 e. The van der Waals surface area contributed by atoms with Crippen molar-refractivity contribution in [2.45, 2.75) is 19.9 Å². The van der Waals surface area contributed by atoms with E-state index in [1.165, 1.54) is 7.11 Å². The van der Waals surface area contributed by atoms with Gasteiger partial charge in [-0.25, -0.2) is 14.6 Å². The molecule has 2 heterocycles. The predicted octanol–water partition coefficient (Wildman–Crippen LogP) is 3.23. The third-order valence-electron chi connectivity index (χ3n) is 4.75. The van der Waals surface area contributed by atoms with Crippen LogP contribution in [0.25, 0.3) is 21.9 Å². The zero-order valence-electron chi connectivity index (χ0n) is 18.4. The van der Waals surface area contributed by atoms with Gasteiger partial charge in [0.2, 0.25) is 0 Å². The second-order valence-corrected chi connectivity index (χ2v) is 6.92. The Morgan fingerprint density at radius 2 is 1.82 bits per heavy atom. The first kappa shape index (κ1) is 23.5. The van der Waals surface area contributed by atoms with Crippen LogP contribution >= 0.6 is 0 Å². The third kappa shape index (κ3) is 6.39. The Morgan fingerprint density at radius 3 is 2.55 bits per heavy atom. The standard InChI is InChI=1S/C23H25N5O5/c1-3-25-22(30)28-20-12-18-17(15-6-9-24-10-7-15)5-4-16(19(18)14-26-20)13-27-23(31)33-11-8-21(29)32-2/h4-7,9-10,12,14H,3,8,11,13H2,1-2H3,(H,27,31)(H2,25,26,28,30). The molecule has 0 radical (unpaired) electrons. The van der Waals surface area contributed by atoms with Crippen molar-refractivity contribution in [3.05, 3.63) is 54.5 Å². The second kappa shape index (κ2) is 11.4. The van der Waals surface area contributed by atoms with Crippen molar-refractivity contribution in [1.82, 2.24) is 20.6 Å². The van der Waals surface area contributed by atoms with Crippen LogP contribution in [0, 0.1) is 0 Å². The molecule has 10 nitrogen and oxygen atoms in total. The van der Waals surface area contributed by atoms with Gasteiger partial charge in [0.05, 0.1) is 13.5 Å². The van der Waals surface area contributed by atoms with E-state index in [1.54, 1.807) is 24.7 Å². The van der Waals surface area contributed by atoms with E-state index in [-0.39, 0.29) is 25.6 Å². The Kier molecular flexibility index (Phi) is 8.12. The highest BCUT2D eigenvalue weighted by atomic mass is 16.6. The molecule has 3 rings (SSSR count). The van der Waals surface area contributed by atoms with Gasteiger partial charge in [-0.3, -0.25) is 15.1 Å². The van der Waals surface area contributed by atoms with Crippen LogP contribution in [0.4, 0.5) is 15.4 Å². The first-order valence-electron chi connectivity index (χ1n) is 10.4. The van der Waals surface area contributed by atoms with Crippen molar-refractivity contribution < 1.29 is 23.9 Å². The van der Waals surface area contributed by atoms with Gasteiger partial charge >= 0.3 is 18.1 Å². The van der Waals surface area contributed by atoms with Crippen molar-refractivity contribution in [3.63, 3.8) is 0 Å². The van der Waals surface area contributed by atoms with Gasteiger partial charge in [-0.1, -0.05) is 12.1 Å². The molecule has 0 spiro atoms. The van der Waals surface area contributed by atoms with E-state index < -0.39 is 12.1 Å². The number of benzene rings is 1. The average molecular weight is 451 g/mol. The number of nitrogens with zero attached hydrogens (tertiary/aromatic N) is 2. The van der Waals surface area contributed by atoms with Crippen molar-refractivity contribution in [2.75, 3.05) is 25.6 Å². The van der Waals surface area contributed by atoms with Crippen molar-refractivity contribution in [3.8, 4) is 11.1 Å². The maximum absolute atomic E-state index is 12.0. The number of amides is 3. The first-order chi connectivity index (χ1) is 16.0. The zero-order valence-corrected chi connectivity index (χ0v) is 18.4. The van der Waals surface area contributed by atoms with Gasteiger partial charge in [0.25, 0.3) is 0 Å². The second-order valence-electron chi connectivity index (χ2n) is 6.92. The van der Waals surface area contributed by atoms with Crippen molar-refractivity contribution in [1.29, 1.82) is 0 Å². The number of anilines is 1. The van der Waals surface area contributed by atoms with Gasteiger partial charge in [0, 0.05) is 37.1 Å². The number of rotatable bonds is 8. The molecule has 3 aromatic rings. The lowest BCUT2D eigenvalue weighted by Gasteiger charge is -2.14. The monoisotopic (exact) mass is 451 g/mol. The summed E-state index contributed by atoms with van der Waals surface area (Å²) < 4.78 is 9.51. The van der Waals surface area contributed by atoms with Gasteiger partial charge in [0.15, 0.2) is 0 Å². The lowest BCUT2D eigenvalue weighted by atomic mass is 9.96. The Hall–Kier alpha value is -4.21. The SMILES string of the molecule is CCNC(=O)Nc1cc2c(-c3ccncc3)ccc(CNC(=O)OCCC(=O)OC)c2cn1. The smallest absolute Gasteiger partial charge is 0.407 e. The number of methoxy groups -OCH3 is 1. The molecule has 172 valence electrons. The summed E-state index contributed by atoms with van der Waals surface area (Å²) in [5.41, 5.74) is 2.69. The summed E-state index contributed by atoms with van der Waals surface area (Å²) in [6, 6.07) is 9.06. The summed E-state index contributed by atoms with van der Waals surface area (Å²) in [6.45, 7) is 2.44. The van der Waals surface area contributed by atoms with E-state index in [1.807, 2.05) is 31.2 Å². The van der Waals surface area contributed by atoms with Gasteiger partial charge in [-0.15, -0.1) is 0 Å². The minimum atomic E-state index is -0.646. The molecule has 1 aromatic carbocycles. The van der Waals surface area contributed by atoms with Gasteiger partial charge in [-0.05, 0) is 47.2 Å². The van der Waals surface area contributed by atoms with E-state index in [2.05, 4.69) is 30.7 Å². The number of esters is 1. The van der Waals surface area contributed by atoms with Gasteiger partial charge < -0.3 is 20.1 Å². The quantitative estimate of drug-likeness (QED) is 0.448. The average Bonchev–Trinajstić information content (AvgIpc) is 2.83. The first-order valence-corrected chi connectivity index (χ1v) is 10.4. The van der Waals surface area contributed by atoms with E-state index in [0.29, 0.717) is 12.4 Å². The van der Waals surface area contributed by atoms with E-state index in [0.717, 1.165) is 27.5 Å². The molecule has 10 heteroatoms. The Labute approximate surface area is 190 Å². The van der Waals surface area contributed by atoms with Crippen molar-refractivity contribution >= 4 is 34.7 Å². The molecule has 2 aromatic heterocycles. The highest BCUT2D eigenvalue weighted by Crippen LogP contribution is 2.31. The maximum Gasteiger partial charge on any atom is 0.407 e. The molecule has 0 atom stereocenters. The van der Waals surface area contributed by atoms with E-state index in [9.17, 15) is 14.4 Å². The topological polar surface area (TPSA) is 132 Å². The molecular formula is C23H25N5O5. The molecule has 0 unspecified atom stereocenters. The summed E-state index contributed by atoms with van der Waals surface area (Å²) in [4.78, 5) is 43.5. The van der Waals surface area contributed by atoms with E-state index in [4.69, 9.17) is 4.74 Å². The number of alkyl carbamates (subject to hydrolysis) is 1. The fraction of sp³-hybridized carbons (Fsp3) is 0.261. The normalized spacial score (nSPS) is 10.4. The number of carbonyl (C=O) groups is 3. The number of hydrogen-bond acceptors (Lipinski definition) is 7. The van der Waals surface area contributed by atoms with Crippen LogP contribution in [0.1, 0.15) is 18.9 Å². The summed E-state index contributed by atoms with van der Waals surface area (Å²) >= 11 is 0. The highest BCUT2D eigenvalue weighted by molar-refractivity contribution is 6.00. The summed E-state index contributed by atoms with van der Waals surface area (Å²) in [7, 11) is 1.27. The fourth-order valence-corrected chi connectivity index (χ4v) is 3.17. The number of ether oxygens (including phenoxy) is 2.